The summed E-state index contributed by atoms with van der Waals surface area (Å²) < 4.78 is 0. The Balaban J connectivity index is 1.58. The van der Waals surface area contributed by atoms with Crippen LogP contribution in [0.2, 0.25) is 0 Å². The molecule has 0 aromatic carbocycles. The molecule has 1 aliphatic carbocycles. The Hall–Kier alpha value is -1.10. The third-order valence-electron chi connectivity index (χ3n) is 4.83. The number of aryl methyl sites for hydroxylation is 2. The Kier molecular flexibility index (Phi) is 3.71. The molecular formula is C15H24N4S. The van der Waals surface area contributed by atoms with Crippen molar-refractivity contribution in [3.63, 3.8) is 0 Å². The zero-order chi connectivity index (χ0) is 14.2. The molecule has 4 nitrogen and oxygen atoms in total. The molecule has 1 aromatic heterocycles. The van der Waals surface area contributed by atoms with Gasteiger partial charge in [-0.15, -0.1) is 11.3 Å². The van der Waals surface area contributed by atoms with Gasteiger partial charge in [-0.25, -0.2) is 4.98 Å². The van der Waals surface area contributed by atoms with Crippen LogP contribution in [0.15, 0.2) is 4.99 Å². The maximum Gasteiger partial charge on any atom is 0.194 e. The molecule has 1 aliphatic heterocycles. The highest BCUT2D eigenvalue weighted by molar-refractivity contribution is 7.11. The quantitative estimate of drug-likeness (QED) is 0.673. The van der Waals surface area contributed by atoms with Crippen molar-refractivity contribution in [2.45, 2.75) is 46.1 Å². The van der Waals surface area contributed by atoms with Gasteiger partial charge in [0.1, 0.15) is 5.01 Å². The predicted octanol–water partition coefficient (Wildman–Crippen LogP) is 2.71. The molecule has 0 amide bonds. The van der Waals surface area contributed by atoms with Crippen molar-refractivity contribution in [3.05, 3.63) is 15.6 Å². The minimum Gasteiger partial charge on any atom is -0.350 e. The third kappa shape index (κ3) is 2.55. The molecule has 1 saturated carbocycles. The van der Waals surface area contributed by atoms with E-state index in [4.69, 9.17) is 0 Å². The SMILES string of the molecule is CN=C(NCc1nc(C)c(C)s1)N1CCC2(CCC2)C1. The van der Waals surface area contributed by atoms with E-state index in [9.17, 15) is 0 Å². The molecule has 3 rings (SSSR count). The molecule has 0 atom stereocenters. The Morgan fingerprint density at radius 3 is 2.70 bits per heavy atom. The molecule has 2 aliphatic rings. The largest absolute Gasteiger partial charge is 0.350 e. The second kappa shape index (κ2) is 5.35. The first-order valence-corrected chi connectivity index (χ1v) is 8.32. The minimum absolute atomic E-state index is 0.617. The number of guanidine groups is 1. The minimum atomic E-state index is 0.617. The average Bonchev–Trinajstić information content (AvgIpc) is 2.96. The lowest BCUT2D eigenvalue weighted by atomic mass is 9.68. The molecule has 110 valence electrons. The smallest absolute Gasteiger partial charge is 0.194 e. The van der Waals surface area contributed by atoms with E-state index in [2.05, 4.69) is 34.0 Å². The van der Waals surface area contributed by atoms with E-state index in [1.165, 1.54) is 37.1 Å². The molecule has 1 N–H and O–H groups in total. The van der Waals surface area contributed by atoms with Gasteiger partial charge >= 0.3 is 0 Å². The predicted molar refractivity (Wildman–Crippen MR) is 84.3 cm³/mol. The first-order valence-electron chi connectivity index (χ1n) is 7.50. The van der Waals surface area contributed by atoms with Crippen molar-refractivity contribution >= 4 is 17.3 Å². The topological polar surface area (TPSA) is 40.5 Å². The summed E-state index contributed by atoms with van der Waals surface area (Å²) in [5.74, 6) is 1.04. The molecule has 5 heteroatoms. The highest BCUT2D eigenvalue weighted by atomic mass is 32.1. The highest BCUT2D eigenvalue weighted by Gasteiger charge is 2.43. The fourth-order valence-electron chi connectivity index (χ4n) is 3.30. The van der Waals surface area contributed by atoms with Crippen LogP contribution in [-0.4, -0.2) is 36.0 Å². The second-order valence-electron chi connectivity index (χ2n) is 6.18. The lowest BCUT2D eigenvalue weighted by Gasteiger charge is -2.38. The summed E-state index contributed by atoms with van der Waals surface area (Å²) in [7, 11) is 1.88. The van der Waals surface area contributed by atoms with E-state index >= 15 is 0 Å². The van der Waals surface area contributed by atoms with Gasteiger partial charge in [0.05, 0.1) is 12.2 Å². The lowest BCUT2D eigenvalue weighted by Crippen LogP contribution is -2.42. The second-order valence-corrected chi connectivity index (χ2v) is 7.46. The van der Waals surface area contributed by atoms with Crippen LogP contribution in [0, 0.1) is 19.3 Å². The van der Waals surface area contributed by atoms with E-state index in [-0.39, 0.29) is 0 Å². The molecule has 2 heterocycles. The Labute approximate surface area is 125 Å². The summed E-state index contributed by atoms with van der Waals surface area (Å²) in [6, 6.07) is 0. The fourth-order valence-corrected chi connectivity index (χ4v) is 4.18. The van der Waals surface area contributed by atoms with Crippen LogP contribution >= 0.6 is 11.3 Å². The first kappa shape index (κ1) is 13.9. The van der Waals surface area contributed by atoms with Gasteiger partial charge in [-0.2, -0.15) is 0 Å². The highest BCUT2D eigenvalue weighted by Crippen LogP contribution is 2.47. The van der Waals surface area contributed by atoms with Crippen LogP contribution in [0.5, 0.6) is 0 Å². The van der Waals surface area contributed by atoms with Crippen molar-refractivity contribution in [2.24, 2.45) is 10.4 Å². The standard InChI is InChI=1S/C15H24N4S/c1-11-12(2)20-13(18-11)9-17-14(16-3)19-8-7-15(10-19)5-4-6-15/h4-10H2,1-3H3,(H,16,17). The Morgan fingerprint density at radius 1 is 1.40 bits per heavy atom. The number of hydrogen-bond acceptors (Lipinski definition) is 3. The van der Waals surface area contributed by atoms with Crippen LogP contribution in [0.1, 0.15) is 41.3 Å². The normalized spacial score (nSPS) is 21.4. The lowest BCUT2D eigenvalue weighted by molar-refractivity contribution is 0.151. The Morgan fingerprint density at radius 2 is 2.20 bits per heavy atom. The van der Waals surface area contributed by atoms with Gasteiger partial charge in [-0.1, -0.05) is 6.42 Å². The number of likely N-dealkylation sites (tertiary alicyclic amines) is 1. The van der Waals surface area contributed by atoms with Gasteiger partial charge in [0, 0.05) is 25.0 Å². The van der Waals surface area contributed by atoms with Crippen LogP contribution in [0.3, 0.4) is 0 Å². The molecule has 2 fully saturated rings. The summed E-state index contributed by atoms with van der Waals surface area (Å²) in [4.78, 5) is 12.8. The van der Waals surface area contributed by atoms with Crippen LogP contribution < -0.4 is 5.32 Å². The third-order valence-corrected chi connectivity index (χ3v) is 5.91. The number of rotatable bonds is 2. The van der Waals surface area contributed by atoms with Gasteiger partial charge < -0.3 is 10.2 Å². The number of aliphatic imine (C=N–C) groups is 1. The van der Waals surface area contributed by atoms with Crippen molar-refractivity contribution in [1.82, 2.24) is 15.2 Å². The van der Waals surface area contributed by atoms with Crippen LogP contribution in [0.25, 0.3) is 0 Å². The van der Waals surface area contributed by atoms with Crippen LogP contribution in [0.4, 0.5) is 0 Å². The van der Waals surface area contributed by atoms with Gasteiger partial charge in [0.25, 0.3) is 0 Å². The average molecular weight is 292 g/mol. The zero-order valence-corrected chi connectivity index (χ0v) is 13.5. The molecule has 20 heavy (non-hydrogen) atoms. The van der Waals surface area contributed by atoms with Gasteiger partial charge in [-0.3, -0.25) is 4.99 Å². The maximum atomic E-state index is 4.58. The zero-order valence-electron chi connectivity index (χ0n) is 12.7. The van der Waals surface area contributed by atoms with Gasteiger partial charge in [0.15, 0.2) is 5.96 Å². The van der Waals surface area contributed by atoms with Crippen molar-refractivity contribution in [2.75, 3.05) is 20.1 Å². The van der Waals surface area contributed by atoms with E-state index in [0.29, 0.717) is 5.41 Å². The van der Waals surface area contributed by atoms with Crippen molar-refractivity contribution < 1.29 is 0 Å². The molecular weight excluding hydrogens is 268 g/mol. The number of aromatic nitrogens is 1. The first-order chi connectivity index (χ1) is 9.62. The van der Waals surface area contributed by atoms with Crippen molar-refractivity contribution in [1.29, 1.82) is 0 Å². The van der Waals surface area contributed by atoms with Crippen LogP contribution in [-0.2, 0) is 6.54 Å². The summed E-state index contributed by atoms with van der Waals surface area (Å²) in [5.41, 5.74) is 1.77. The molecule has 1 spiro atoms. The summed E-state index contributed by atoms with van der Waals surface area (Å²) >= 11 is 1.78. The summed E-state index contributed by atoms with van der Waals surface area (Å²) in [5, 5.41) is 4.63. The van der Waals surface area contributed by atoms with Crippen molar-refractivity contribution in [3.8, 4) is 0 Å². The van der Waals surface area contributed by atoms with E-state index in [1.54, 1.807) is 11.3 Å². The molecule has 0 unspecified atom stereocenters. The van der Waals surface area contributed by atoms with E-state index in [0.717, 1.165) is 29.8 Å². The maximum absolute atomic E-state index is 4.58. The molecule has 0 bridgehead atoms. The Bertz CT molecular complexity index is 496. The molecule has 0 radical (unpaired) electrons. The van der Waals surface area contributed by atoms with E-state index in [1.807, 2.05) is 7.05 Å². The number of nitrogens with one attached hydrogen (secondary N) is 1. The van der Waals surface area contributed by atoms with Gasteiger partial charge in [-0.05, 0) is 38.5 Å². The summed E-state index contributed by atoms with van der Waals surface area (Å²) in [6.45, 7) is 7.32. The number of hydrogen-bond donors (Lipinski definition) is 1. The molecule has 1 saturated heterocycles. The molecule has 1 aromatic rings. The van der Waals surface area contributed by atoms with E-state index < -0.39 is 0 Å². The number of nitrogens with zero attached hydrogens (tertiary/aromatic N) is 3. The summed E-state index contributed by atoms with van der Waals surface area (Å²) in [6.07, 6.45) is 5.57. The fraction of sp³-hybridized carbons (Fsp3) is 0.733. The van der Waals surface area contributed by atoms with Gasteiger partial charge in [0.2, 0.25) is 0 Å². The monoisotopic (exact) mass is 292 g/mol. The number of thiazole rings is 1.